The third kappa shape index (κ3) is 2.20. The molecule has 0 spiro atoms. The molecule has 94 valence electrons. The predicted octanol–water partition coefficient (Wildman–Crippen LogP) is 2.70. The zero-order valence-corrected chi connectivity index (χ0v) is 9.93. The largest absolute Gasteiger partial charge is 0.465 e. The third-order valence-corrected chi connectivity index (χ3v) is 2.97. The monoisotopic (exact) mass is 246 g/mol. The van der Waals surface area contributed by atoms with Gasteiger partial charge in [-0.3, -0.25) is 4.79 Å². The molecule has 2 aromatic rings. The molecule has 1 aromatic heterocycles. The number of nitrogens with one attached hydrogen (secondary N) is 2. The molecule has 3 N–H and O–H groups in total. The number of rotatable bonds is 4. The van der Waals surface area contributed by atoms with E-state index in [9.17, 15) is 9.59 Å². The Hall–Kier alpha value is -2.30. The number of hydrogen-bond acceptors (Lipinski definition) is 2. The second kappa shape index (κ2) is 4.91. The van der Waals surface area contributed by atoms with Gasteiger partial charge in [-0.1, -0.05) is 19.1 Å². The molecule has 1 amide bonds. The SMILES string of the molecule is CCC(NC(=O)O)c1ccc2c(C=O)c[nH]c2c1. The van der Waals surface area contributed by atoms with Gasteiger partial charge in [0.1, 0.15) is 0 Å². The van der Waals surface area contributed by atoms with Crippen molar-refractivity contribution in [3.8, 4) is 0 Å². The van der Waals surface area contributed by atoms with E-state index >= 15 is 0 Å². The van der Waals surface area contributed by atoms with Gasteiger partial charge in [0.2, 0.25) is 0 Å². The summed E-state index contributed by atoms with van der Waals surface area (Å²) in [5.41, 5.74) is 2.32. The number of amides is 1. The van der Waals surface area contributed by atoms with Crippen LogP contribution in [0.15, 0.2) is 24.4 Å². The van der Waals surface area contributed by atoms with Crippen molar-refractivity contribution in [1.82, 2.24) is 10.3 Å². The molecule has 0 aliphatic rings. The van der Waals surface area contributed by atoms with Crippen molar-refractivity contribution in [3.05, 3.63) is 35.5 Å². The number of aldehydes is 1. The lowest BCUT2D eigenvalue weighted by Crippen LogP contribution is -2.26. The Kier molecular flexibility index (Phi) is 3.32. The fraction of sp³-hybridized carbons (Fsp3) is 0.231. The van der Waals surface area contributed by atoms with Crippen LogP contribution >= 0.6 is 0 Å². The molecule has 0 aliphatic heterocycles. The van der Waals surface area contributed by atoms with Gasteiger partial charge in [-0.05, 0) is 18.1 Å². The quantitative estimate of drug-likeness (QED) is 0.725. The molecule has 0 bridgehead atoms. The zero-order valence-electron chi connectivity index (χ0n) is 9.93. The number of hydrogen-bond donors (Lipinski definition) is 3. The van der Waals surface area contributed by atoms with E-state index in [1.54, 1.807) is 6.20 Å². The van der Waals surface area contributed by atoms with Crippen molar-refractivity contribution in [3.63, 3.8) is 0 Å². The normalized spacial score (nSPS) is 12.3. The molecular formula is C13H14N2O3. The fourth-order valence-electron chi connectivity index (χ4n) is 2.05. The first kappa shape index (κ1) is 12.2. The van der Waals surface area contributed by atoms with Crippen LogP contribution in [0.2, 0.25) is 0 Å². The zero-order chi connectivity index (χ0) is 13.1. The predicted molar refractivity (Wildman–Crippen MR) is 67.9 cm³/mol. The molecule has 1 heterocycles. The van der Waals surface area contributed by atoms with Crippen LogP contribution in [0.5, 0.6) is 0 Å². The fourth-order valence-corrected chi connectivity index (χ4v) is 2.05. The van der Waals surface area contributed by atoms with Gasteiger partial charge in [-0.25, -0.2) is 4.79 Å². The molecule has 0 aliphatic carbocycles. The van der Waals surface area contributed by atoms with Crippen LogP contribution < -0.4 is 5.32 Å². The minimum Gasteiger partial charge on any atom is -0.465 e. The van der Waals surface area contributed by atoms with Crippen LogP contribution in [0, 0.1) is 0 Å². The second-order valence-electron chi connectivity index (χ2n) is 4.08. The summed E-state index contributed by atoms with van der Waals surface area (Å²) >= 11 is 0. The van der Waals surface area contributed by atoms with Gasteiger partial charge in [0.25, 0.3) is 0 Å². The number of fused-ring (bicyclic) bond motifs is 1. The van der Waals surface area contributed by atoms with E-state index in [4.69, 9.17) is 5.11 Å². The van der Waals surface area contributed by atoms with E-state index in [-0.39, 0.29) is 6.04 Å². The Labute approximate surface area is 104 Å². The lowest BCUT2D eigenvalue weighted by molar-refractivity contribution is 0.112. The minimum absolute atomic E-state index is 0.241. The van der Waals surface area contributed by atoms with Gasteiger partial charge >= 0.3 is 6.09 Å². The molecule has 0 fully saturated rings. The molecule has 0 saturated carbocycles. The molecule has 0 radical (unpaired) electrons. The van der Waals surface area contributed by atoms with Crippen LogP contribution in [0.1, 0.15) is 35.3 Å². The van der Waals surface area contributed by atoms with Crippen molar-refractivity contribution in [2.45, 2.75) is 19.4 Å². The van der Waals surface area contributed by atoms with Gasteiger partial charge in [0, 0.05) is 22.7 Å². The molecule has 5 nitrogen and oxygen atoms in total. The first-order valence-corrected chi connectivity index (χ1v) is 5.71. The smallest absolute Gasteiger partial charge is 0.405 e. The van der Waals surface area contributed by atoms with E-state index < -0.39 is 6.09 Å². The summed E-state index contributed by atoms with van der Waals surface area (Å²) in [6.07, 6.45) is 2.07. The highest BCUT2D eigenvalue weighted by molar-refractivity contribution is 5.97. The van der Waals surface area contributed by atoms with Gasteiger partial charge in [-0.2, -0.15) is 0 Å². The highest BCUT2D eigenvalue weighted by atomic mass is 16.4. The summed E-state index contributed by atoms with van der Waals surface area (Å²) in [4.78, 5) is 24.5. The Morgan fingerprint density at radius 1 is 1.56 bits per heavy atom. The average molecular weight is 246 g/mol. The highest BCUT2D eigenvalue weighted by Crippen LogP contribution is 2.23. The standard InChI is InChI=1S/C13H14N2O3/c1-2-11(15-13(17)18)8-3-4-10-9(7-16)6-14-12(10)5-8/h3-7,11,14-15H,2H2,1H3,(H,17,18). The number of carboxylic acid groups (broad SMARTS) is 1. The van der Waals surface area contributed by atoms with Gasteiger partial charge in [0.05, 0.1) is 6.04 Å². The first-order valence-electron chi connectivity index (χ1n) is 5.71. The van der Waals surface area contributed by atoms with E-state index in [0.717, 1.165) is 22.8 Å². The number of carbonyl (C=O) groups is 2. The van der Waals surface area contributed by atoms with Crippen LogP contribution in [-0.2, 0) is 0 Å². The molecule has 5 heteroatoms. The summed E-state index contributed by atoms with van der Waals surface area (Å²) in [7, 11) is 0. The van der Waals surface area contributed by atoms with E-state index in [0.29, 0.717) is 12.0 Å². The summed E-state index contributed by atoms with van der Waals surface area (Å²) < 4.78 is 0. The van der Waals surface area contributed by atoms with Crippen molar-refractivity contribution < 1.29 is 14.7 Å². The number of benzene rings is 1. The maximum absolute atomic E-state index is 10.8. The van der Waals surface area contributed by atoms with Crippen molar-refractivity contribution in [2.75, 3.05) is 0 Å². The molecule has 0 saturated heterocycles. The summed E-state index contributed by atoms with van der Waals surface area (Å²) in [6.45, 7) is 1.91. The number of aromatic nitrogens is 1. The van der Waals surface area contributed by atoms with Crippen LogP contribution in [0.3, 0.4) is 0 Å². The van der Waals surface area contributed by atoms with Crippen molar-refractivity contribution in [2.24, 2.45) is 0 Å². The molecule has 1 unspecified atom stereocenters. The van der Waals surface area contributed by atoms with Crippen molar-refractivity contribution in [1.29, 1.82) is 0 Å². The Morgan fingerprint density at radius 3 is 2.94 bits per heavy atom. The third-order valence-electron chi connectivity index (χ3n) is 2.97. The maximum atomic E-state index is 10.8. The van der Waals surface area contributed by atoms with Crippen LogP contribution in [0.4, 0.5) is 4.79 Å². The first-order chi connectivity index (χ1) is 8.65. The van der Waals surface area contributed by atoms with E-state index in [1.165, 1.54) is 0 Å². The topological polar surface area (TPSA) is 82.2 Å². The Balaban J connectivity index is 2.39. The summed E-state index contributed by atoms with van der Waals surface area (Å²) in [5.74, 6) is 0. The second-order valence-corrected chi connectivity index (χ2v) is 4.08. The molecule has 2 rings (SSSR count). The average Bonchev–Trinajstić information content (AvgIpc) is 2.77. The molecule has 1 aromatic carbocycles. The Morgan fingerprint density at radius 2 is 2.33 bits per heavy atom. The molecule has 18 heavy (non-hydrogen) atoms. The minimum atomic E-state index is -1.04. The summed E-state index contributed by atoms with van der Waals surface area (Å²) in [5, 5.41) is 12.1. The van der Waals surface area contributed by atoms with Gasteiger partial charge < -0.3 is 15.4 Å². The number of carbonyl (C=O) groups excluding carboxylic acids is 1. The lowest BCUT2D eigenvalue weighted by atomic mass is 10.0. The van der Waals surface area contributed by atoms with Crippen LogP contribution in [0.25, 0.3) is 10.9 Å². The molecule has 1 atom stereocenters. The lowest BCUT2D eigenvalue weighted by Gasteiger charge is -2.15. The maximum Gasteiger partial charge on any atom is 0.405 e. The summed E-state index contributed by atoms with van der Waals surface area (Å²) in [6, 6.07) is 5.30. The van der Waals surface area contributed by atoms with Gasteiger partial charge in [0.15, 0.2) is 6.29 Å². The Bertz CT molecular complexity index is 589. The molecular weight excluding hydrogens is 232 g/mol. The number of aromatic amines is 1. The number of H-pyrrole nitrogens is 1. The van der Waals surface area contributed by atoms with E-state index in [1.807, 2.05) is 25.1 Å². The van der Waals surface area contributed by atoms with Crippen molar-refractivity contribution >= 4 is 23.3 Å². The van der Waals surface area contributed by atoms with Gasteiger partial charge in [-0.15, -0.1) is 0 Å². The highest BCUT2D eigenvalue weighted by Gasteiger charge is 2.13. The van der Waals surface area contributed by atoms with E-state index in [2.05, 4.69) is 10.3 Å². The van der Waals surface area contributed by atoms with Crippen LogP contribution in [-0.4, -0.2) is 22.5 Å².